The number of thiophene rings is 1. The second-order valence-corrected chi connectivity index (χ2v) is 8.41. The summed E-state index contributed by atoms with van der Waals surface area (Å²) in [6.07, 6.45) is 3.26. The lowest BCUT2D eigenvalue weighted by atomic mass is 10.2. The number of benzene rings is 1. The van der Waals surface area contributed by atoms with Crippen molar-refractivity contribution < 1.29 is 14.3 Å². The van der Waals surface area contributed by atoms with E-state index in [0.717, 1.165) is 46.7 Å². The minimum atomic E-state index is -0.0315. The molecule has 0 spiro atoms. The highest BCUT2D eigenvalue weighted by molar-refractivity contribution is 7.20. The monoisotopic (exact) mass is 413 g/mol. The third-order valence-corrected chi connectivity index (χ3v) is 6.23. The third-order valence-electron chi connectivity index (χ3n) is 5.09. The van der Waals surface area contributed by atoms with E-state index >= 15 is 0 Å². The summed E-state index contributed by atoms with van der Waals surface area (Å²) in [6.45, 7) is 5.44. The average Bonchev–Trinajstić information content (AvgIpc) is 3.45. The van der Waals surface area contributed by atoms with Crippen LogP contribution in [0.5, 0.6) is 0 Å². The van der Waals surface area contributed by atoms with Crippen molar-refractivity contribution in [1.29, 1.82) is 0 Å². The summed E-state index contributed by atoms with van der Waals surface area (Å²) >= 11 is 1.50. The fraction of sp³-hybridized carbons (Fsp3) is 0.455. The molecule has 1 fully saturated rings. The summed E-state index contributed by atoms with van der Waals surface area (Å²) in [5, 5.41) is 8.69. The number of aryl methyl sites for hydroxylation is 1. The van der Waals surface area contributed by atoms with Gasteiger partial charge in [-0.25, -0.2) is 0 Å². The van der Waals surface area contributed by atoms with Crippen LogP contribution in [0, 0.1) is 6.92 Å². The van der Waals surface area contributed by atoms with Gasteiger partial charge in [0.15, 0.2) is 0 Å². The SMILES string of the molecule is Cc1nn(Cc2ccccc2)c2sc(C(=O)NCCCOCC3CCCO3)cc12. The van der Waals surface area contributed by atoms with Crippen LogP contribution >= 0.6 is 11.3 Å². The lowest BCUT2D eigenvalue weighted by Gasteiger charge is -2.10. The Balaban J connectivity index is 1.29. The molecular weight excluding hydrogens is 386 g/mol. The highest BCUT2D eigenvalue weighted by Gasteiger charge is 2.17. The van der Waals surface area contributed by atoms with E-state index in [1.54, 1.807) is 0 Å². The molecule has 4 rings (SSSR count). The van der Waals surface area contributed by atoms with Crippen LogP contribution in [-0.2, 0) is 16.0 Å². The summed E-state index contributed by atoms with van der Waals surface area (Å²) in [5.41, 5.74) is 2.15. The third kappa shape index (κ3) is 5.04. The maximum atomic E-state index is 12.5. The summed E-state index contributed by atoms with van der Waals surface area (Å²) in [7, 11) is 0. The Bertz CT molecular complexity index is 945. The van der Waals surface area contributed by atoms with Gasteiger partial charge in [-0.15, -0.1) is 11.3 Å². The summed E-state index contributed by atoms with van der Waals surface area (Å²) in [5.74, 6) is -0.0315. The molecule has 29 heavy (non-hydrogen) atoms. The van der Waals surface area contributed by atoms with Crippen LogP contribution in [0.1, 0.15) is 40.2 Å². The fourth-order valence-electron chi connectivity index (χ4n) is 3.54. The number of rotatable bonds is 9. The lowest BCUT2D eigenvalue weighted by molar-refractivity contribution is 0.0166. The maximum Gasteiger partial charge on any atom is 0.261 e. The molecule has 3 heterocycles. The van der Waals surface area contributed by atoms with Crippen LogP contribution in [0.3, 0.4) is 0 Å². The van der Waals surface area contributed by atoms with Crippen molar-refractivity contribution >= 4 is 27.5 Å². The predicted octanol–water partition coefficient (Wildman–Crippen LogP) is 3.77. The minimum absolute atomic E-state index is 0.0315. The summed E-state index contributed by atoms with van der Waals surface area (Å²) < 4.78 is 13.2. The van der Waals surface area contributed by atoms with Gasteiger partial charge >= 0.3 is 0 Å². The smallest absolute Gasteiger partial charge is 0.261 e. The zero-order valence-corrected chi connectivity index (χ0v) is 17.5. The fourth-order valence-corrected chi connectivity index (χ4v) is 4.62. The number of amides is 1. The Morgan fingerprint density at radius 3 is 3.03 bits per heavy atom. The minimum Gasteiger partial charge on any atom is -0.379 e. The van der Waals surface area contributed by atoms with E-state index in [1.807, 2.05) is 35.9 Å². The Kier molecular flexibility index (Phi) is 6.59. The van der Waals surface area contributed by atoms with E-state index in [-0.39, 0.29) is 12.0 Å². The number of nitrogens with one attached hydrogen (secondary N) is 1. The number of carbonyl (C=O) groups is 1. The molecule has 3 aromatic rings. The van der Waals surface area contributed by atoms with Crippen molar-refractivity contribution in [3.63, 3.8) is 0 Å². The molecule has 1 unspecified atom stereocenters. The molecule has 7 heteroatoms. The van der Waals surface area contributed by atoms with Gasteiger partial charge < -0.3 is 14.8 Å². The lowest BCUT2D eigenvalue weighted by Crippen LogP contribution is -2.25. The Morgan fingerprint density at radius 1 is 1.38 bits per heavy atom. The van der Waals surface area contributed by atoms with Crippen molar-refractivity contribution in [2.45, 2.75) is 38.8 Å². The van der Waals surface area contributed by atoms with Crippen LogP contribution in [0.15, 0.2) is 36.4 Å². The first-order valence-corrected chi connectivity index (χ1v) is 11.0. The van der Waals surface area contributed by atoms with Gasteiger partial charge in [0.2, 0.25) is 0 Å². The number of hydrogen-bond donors (Lipinski definition) is 1. The van der Waals surface area contributed by atoms with E-state index in [1.165, 1.54) is 16.9 Å². The average molecular weight is 414 g/mol. The second kappa shape index (κ2) is 9.52. The predicted molar refractivity (Wildman–Crippen MR) is 115 cm³/mol. The number of hydrogen-bond acceptors (Lipinski definition) is 5. The van der Waals surface area contributed by atoms with Gasteiger partial charge in [0, 0.05) is 25.1 Å². The number of carbonyl (C=O) groups excluding carboxylic acids is 1. The summed E-state index contributed by atoms with van der Waals surface area (Å²) in [4.78, 5) is 14.3. The van der Waals surface area contributed by atoms with E-state index in [0.29, 0.717) is 26.3 Å². The zero-order valence-electron chi connectivity index (χ0n) is 16.7. The van der Waals surface area contributed by atoms with Gasteiger partial charge in [-0.05, 0) is 37.8 Å². The van der Waals surface area contributed by atoms with Crippen LogP contribution in [-0.4, -0.2) is 48.2 Å². The number of aromatic nitrogens is 2. The first-order valence-electron chi connectivity index (χ1n) is 10.2. The van der Waals surface area contributed by atoms with E-state index in [2.05, 4.69) is 22.5 Å². The first-order chi connectivity index (χ1) is 14.2. The van der Waals surface area contributed by atoms with Gasteiger partial charge in [0.25, 0.3) is 5.91 Å². The van der Waals surface area contributed by atoms with Crippen molar-refractivity contribution in [1.82, 2.24) is 15.1 Å². The molecule has 0 saturated carbocycles. The molecule has 0 radical (unpaired) electrons. The van der Waals surface area contributed by atoms with Gasteiger partial charge in [-0.1, -0.05) is 30.3 Å². The van der Waals surface area contributed by atoms with E-state index in [4.69, 9.17) is 9.47 Å². The number of ether oxygens (including phenoxy) is 2. The molecule has 6 nitrogen and oxygen atoms in total. The highest BCUT2D eigenvalue weighted by Crippen LogP contribution is 2.28. The van der Waals surface area contributed by atoms with Gasteiger partial charge in [-0.2, -0.15) is 5.10 Å². The van der Waals surface area contributed by atoms with Crippen LogP contribution in [0.4, 0.5) is 0 Å². The second-order valence-electron chi connectivity index (χ2n) is 7.38. The van der Waals surface area contributed by atoms with Crippen molar-refractivity contribution in [2.75, 3.05) is 26.4 Å². The van der Waals surface area contributed by atoms with E-state index in [9.17, 15) is 4.79 Å². The standard InChI is InChI=1S/C22H27N3O3S/c1-16-19-13-20(21(26)23-10-6-11-27-15-18-9-5-12-28-18)29-22(19)25(24-16)14-17-7-3-2-4-8-17/h2-4,7-8,13,18H,5-6,9-12,14-15H2,1H3,(H,23,26). The molecule has 1 amide bonds. The highest BCUT2D eigenvalue weighted by atomic mass is 32.1. The molecule has 1 aromatic carbocycles. The molecule has 154 valence electrons. The Hall–Kier alpha value is -2.22. The molecule has 1 saturated heterocycles. The largest absolute Gasteiger partial charge is 0.379 e. The van der Waals surface area contributed by atoms with E-state index < -0.39 is 0 Å². The zero-order chi connectivity index (χ0) is 20.1. The molecule has 1 aliphatic heterocycles. The number of fused-ring (bicyclic) bond motifs is 1. The van der Waals surface area contributed by atoms with Gasteiger partial charge in [-0.3, -0.25) is 9.48 Å². The first kappa shape index (κ1) is 20.1. The molecular formula is C22H27N3O3S. The van der Waals surface area contributed by atoms with Gasteiger partial charge in [0.1, 0.15) is 4.83 Å². The molecule has 2 aromatic heterocycles. The Labute approximate surface area is 174 Å². The van der Waals surface area contributed by atoms with Crippen molar-refractivity contribution in [3.8, 4) is 0 Å². The van der Waals surface area contributed by atoms with Crippen molar-refractivity contribution in [2.24, 2.45) is 0 Å². The van der Waals surface area contributed by atoms with Crippen molar-refractivity contribution in [3.05, 3.63) is 52.5 Å². The molecule has 1 aliphatic rings. The summed E-state index contributed by atoms with van der Waals surface area (Å²) in [6, 6.07) is 12.2. The molecule has 1 atom stereocenters. The van der Waals surface area contributed by atoms with Gasteiger partial charge in [0.05, 0.1) is 29.8 Å². The normalized spacial score (nSPS) is 16.5. The topological polar surface area (TPSA) is 65.4 Å². The quantitative estimate of drug-likeness (QED) is 0.543. The molecule has 0 bridgehead atoms. The molecule has 0 aliphatic carbocycles. The number of nitrogens with zero attached hydrogens (tertiary/aromatic N) is 2. The van der Waals surface area contributed by atoms with Crippen LogP contribution < -0.4 is 5.32 Å². The maximum absolute atomic E-state index is 12.5. The van der Waals surface area contributed by atoms with Crippen LogP contribution in [0.25, 0.3) is 10.2 Å². The van der Waals surface area contributed by atoms with Crippen LogP contribution in [0.2, 0.25) is 0 Å². The molecule has 1 N–H and O–H groups in total. The Morgan fingerprint density at radius 2 is 2.24 bits per heavy atom.